The Hall–Kier alpha value is -1.58. The normalized spacial score (nSPS) is 43.2. The van der Waals surface area contributed by atoms with Crippen LogP contribution in [0.25, 0.3) is 0 Å². The summed E-state index contributed by atoms with van der Waals surface area (Å²) in [6.07, 6.45) is 22.6. The molecule has 4 nitrogen and oxygen atoms in total. The van der Waals surface area contributed by atoms with Gasteiger partial charge in [-0.3, -0.25) is 4.79 Å². The summed E-state index contributed by atoms with van der Waals surface area (Å²) in [5.74, 6) is 5.14. The zero-order chi connectivity index (χ0) is 28.9. The second kappa shape index (κ2) is 11.5. The van der Waals surface area contributed by atoms with Crippen LogP contribution in [0.3, 0.4) is 0 Å². The molecule has 4 fully saturated rings. The number of esters is 2. The molecule has 0 aromatic carbocycles. The van der Waals surface area contributed by atoms with E-state index in [4.69, 9.17) is 9.47 Å². The van der Waals surface area contributed by atoms with Crippen molar-refractivity contribution in [2.75, 3.05) is 6.61 Å². The molecule has 11 atom stereocenters. The molecule has 0 aliphatic heterocycles. The van der Waals surface area contributed by atoms with Gasteiger partial charge < -0.3 is 9.47 Å². The molecule has 6 aliphatic carbocycles. The first-order chi connectivity index (χ1) is 19.6. The number of ether oxygens (including phenoxy) is 2. The third kappa shape index (κ3) is 5.48. The van der Waals surface area contributed by atoms with E-state index in [9.17, 15) is 9.59 Å². The molecule has 6 aliphatic rings. The van der Waals surface area contributed by atoms with Gasteiger partial charge in [0.05, 0.1) is 5.92 Å². The average molecular weight is 565 g/mol. The largest absolute Gasteiger partial charge is 0.460 e. The number of hydrogen-bond donors (Lipinski definition) is 0. The molecule has 228 valence electrons. The maximum absolute atomic E-state index is 12.7. The first-order valence-electron chi connectivity index (χ1n) is 17.3. The van der Waals surface area contributed by atoms with E-state index in [1.165, 1.54) is 56.9 Å². The summed E-state index contributed by atoms with van der Waals surface area (Å²) in [5.41, 5.74) is 2.29. The molecule has 4 heteroatoms. The third-order valence-electron chi connectivity index (χ3n) is 13.5. The predicted octanol–water partition coefficient (Wildman–Crippen LogP) is 8.70. The Morgan fingerprint density at radius 2 is 1.80 bits per heavy atom. The SMILES string of the molecule is CC(C)CCC[C@@H](C)[C@H]1CC[C@H]2[C@@H]3CC=C4CC(OC(=O)COC(=O)C5CC6C=CC5C6)CC[C@]4(C)[C@H]3CC[C@]12C. The van der Waals surface area contributed by atoms with Crippen molar-refractivity contribution in [1.82, 2.24) is 0 Å². The summed E-state index contributed by atoms with van der Waals surface area (Å²) in [7, 11) is 0. The van der Waals surface area contributed by atoms with Crippen LogP contribution in [-0.4, -0.2) is 24.6 Å². The van der Waals surface area contributed by atoms with Crippen molar-refractivity contribution in [3.8, 4) is 0 Å². The Morgan fingerprint density at radius 3 is 2.54 bits per heavy atom. The summed E-state index contributed by atoms with van der Waals surface area (Å²) in [6.45, 7) is 12.2. The Balaban J connectivity index is 1.03. The lowest BCUT2D eigenvalue weighted by Gasteiger charge is -2.58. The van der Waals surface area contributed by atoms with E-state index in [0.29, 0.717) is 17.3 Å². The zero-order valence-corrected chi connectivity index (χ0v) is 26.5. The summed E-state index contributed by atoms with van der Waals surface area (Å²) < 4.78 is 11.3. The van der Waals surface area contributed by atoms with Gasteiger partial charge in [0, 0.05) is 6.42 Å². The highest BCUT2D eigenvalue weighted by Gasteiger charge is 2.59. The molecule has 0 radical (unpaired) electrons. The van der Waals surface area contributed by atoms with E-state index in [1.54, 1.807) is 0 Å². The van der Waals surface area contributed by atoms with Crippen LogP contribution in [-0.2, 0) is 19.1 Å². The Bertz CT molecular complexity index is 1060. The van der Waals surface area contributed by atoms with E-state index in [-0.39, 0.29) is 36.0 Å². The second-order valence-corrected chi connectivity index (χ2v) is 16.1. The smallest absolute Gasteiger partial charge is 0.344 e. The molecule has 0 N–H and O–H groups in total. The van der Waals surface area contributed by atoms with Crippen LogP contribution in [0.2, 0.25) is 0 Å². The molecule has 0 spiro atoms. The lowest BCUT2D eigenvalue weighted by atomic mass is 9.47. The number of rotatable bonds is 9. The molecule has 0 saturated heterocycles. The monoisotopic (exact) mass is 564 g/mol. The molecular formula is C37H56O4. The van der Waals surface area contributed by atoms with Gasteiger partial charge in [0.2, 0.25) is 0 Å². The maximum Gasteiger partial charge on any atom is 0.344 e. The van der Waals surface area contributed by atoms with Gasteiger partial charge in [-0.2, -0.15) is 0 Å². The minimum atomic E-state index is -0.382. The van der Waals surface area contributed by atoms with Crippen molar-refractivity contribution in [2.24, 2.45) is 64.1 Å². The van der Waals surface area contributed by atoms with Crippen LogP contribution in [0.5, 0.6) is 0 Å². The summed E-state index contributed by atoms with van der Waals surface area (Å²) in [5, 5.41) is 0. The lowest BCUT2D eigenvalue weighted by molar-refractivity contribution is -0.166. The van der Waals surface area contributed by atoms with Crippen molar-refractivity contribution in [1.29, 1.82) is 0 Å². The average Bonchev–Trinajstić information content (AvgIpc) is 3.66. The molecule has 6 rings (SSSR count). The van der Waals surface area contributed by atoms with Crippen LogP contribution < -0.4 is 0 Å². The van der Waals surface area contributed by atoms with Crippen molar-refractivity contribution in [3.63, 3.8) is 0 Å². The van der Waals surface area contributed by atoms with Crippen molar-refractivity contribution in [3.05, 3.63) is 23.8 Å². The fourth-order valence-electron chi connectivity index (χ4n) is 11.3. The van der Waals surface area contributed by atoms with Crippen LogP contribution in [0.4, 0.5) is 0 Å². The molecule has 0 amide bonds. The van der Waals surface area contributed by atoms with Gasteiger partial charge in [-0.15, -0.1) is 0 Å². The highest BCUT2D eigenvalue weighted by atomic mass is 16.6. The Morgan fingerprint density at radius 1 is 0.976 bits per heavy atom. The van der Waals surface area contributed by atoms with E-state index >= 15 is 0 Å². The molecule has 0 heterocycles. The van der Waals surface area contributed by atoms with E-state index in [1.807, 2.05) is 0 Å². The highest BCUT2D eigenvalue weighted by molar-refractivity contribution is 5.78. The van der Waals surface area contributed by atoms with Gasteiger partial charge in [0.25, 0.3) is 0 Å². The minimum absolute atomic E-state index is 0.0749. The summed E-state index contributed by atoms with van der Waals surface area (Å²) >= 11 is 0. The molecule has 4 unspecified atom stereocenters. The van der Waals surface area contributed by atoms with Gasteiger partial charge in [0.15, 0.2) is 6.61 Å². The minimum Gasteiger partial charge on any atom is -0.460 e. The lowest BCUT2D eigenvalue weighted by Crippen LogP contribution is -2.51. The van der Waals surface area contributed by atoms with Gasteiger partial charge >= 0.3 is 11.9 Å². The van der Waals surface area contributed by atoms with E-state index in [0.717, 1.165) is 67.6 Å². The van der Waals surface area contributed by atoms with Crippen LogP contribution in [0.15, 0.2) is 23.8 Å². The third-order valence-corrected chi connectivity index (χ3v) is 13.5. The summed E-state index contributed by atoms with van der Waals surface area (Å²) in [4.78, 5) is 25.2. The molecule has 41 heavy (non-hydrogen) atoms. The van der Waals surface area contributed by atoms with E-state index in [2.05, 4.69) is 52.8 Å². The van der Waals surface area contributed by atoms with E-state index < -0.39 is 0 Å². The molecule has 2 bridgehead atoms. The number of carbonyl (C=O) groups excluding carboxylic acids is 2. The van der Waals surface area contributed by atoms with Gasteiger partial charge in [-0.1, -0.05) is 77.7 Å². The van der Waals surface area contributed by atoms with Crippen LogP contribution in [0, 0.1) is 64.1 Å². The highest BCUT2D eigenvalue weighted by Crippen LogP contribution is 2.67. The fraction of sp³-hybridized carbons (Fsp3) is 0.838. The maximum atomic E-state index is 12.7. The first-order valence-corrected chi connectivity index (χ1v) is 17.3. The Kier molecular flexibility index (Phi) is 8.27. The van der Waals surface area contributed by atoms with Gasteiger partial charge in [-0.25, -0.2) is 4.79 Å². The van der Waals surface area contributed by atoms with Crippen molar-refractivity contribution in [2.45, 2.75) is 124 Å². The van der Waals surface area contributed by atoms with Crippen molar-refractivity contribution < 1.29 is 19.1 Å². The number of carbonyl (C=O) groups is 2. The van der Waals surface area contributed by atoms with Gasteiger partial charge in [0.1, 0.15) is 6.10 Å². The number of hydrogen-bond acceptors (Lipinski definition) is 4. The standard InChI is InChI=1S/C37H56O4/c1-23(2)7-6-8-24(3)31-13-14-32-29-12-11-27-21-28(15-17-36(27,4)33(29)16-18-37(31,32)5)41-34(38)22-40-35(39)30-20-25-9-10-26(30)19-25/h9-11,23-26,28-33H,6-8,12-22H2,1-5H3/t24-,25?,26?,28?,29+,30?,31-,32+,33+,36+,37-/m1/s1. The second-order valence-electron chi connectivity index (χ2n) is 16.1. The van der Waals surface area contributed by atoms with Crippen molar-refractivity contribution >= 4 is 11.9 Å². The van der Waals surface area contributed by atoms with Gasteiger partial charge in [-0.05, 0) is 116 Å². The quantitative estimate of drug-likeness (QED) is 0.208. The topological polar surface area (TPSA) is 52.6 Å². The molecular weight excluding hydrogens is 508 g/mol. The number of fused-ring (bicyclic) bond motifs is 7. The first kappa shape index (κ1) is 29.5. The molecule has 0 aromatic rings. The summed E-state index contributed by atoms with van der Waals surface area (Å²) in [6, 6.07) is 0. The van der Waals surface area contributed by atoms with Crippen LogP contribution in [0.1, 0.15) is 118 Å². The molecule has 0 aromatic heterocycles. The Labute approximate surface area is 249 Å². The van der Waals surface area contributed by atoms with Crippen LogP contribution >= 0.6 is 0 Å². The zero-order valence-electron chi connectivity index (χ0n) is 26.5. The fourth-order valence-corrected chi connectivity index (χ4v) is 11.3. The molecule has 4 saturated carbocycles. The number of allylic oxidation sites excluding steroid dienone is 3. The predicted molar refractivity (Wildman–Crippen MR) is 163 cm³/mol.